The van der Waals surface area contributed by atoms with Gasteiger partial charge in [-0.15, -0.1) is 0 Å². The molecule has 0 radical (unpaired) electrons. The highest BCUT2D eigenvalue weighted by Gasteiger charge is 2.32. The fourth-order valence-electron chi connectivity index (χ4n) is 4.18. The standard InChI is InChI=1S/C25H22F3N5O3/c1-33-6-4-18(5-7-33)36-19-9-16(8-17(11-19)25(26,27)28)24-30-12-15-3-2-14(10-21(15)31-24)22-20(23(29)34)13-35-32-22/h2-3,8-13,18H,4-7H2,1H3,(H2,29,34). The third-order valence-corrected chi connectivity index (χ3v) is 6.15. The molecule has 1 aliphatic rings. The Hall–Kier alpha value is -3.99. The van der Waals surface area contributed by atoms with Crippen LogP contribution in [0, 0.1) is 0 Å². The van der Waals surface area contributed by atoms with Crippen LogP contribution in [0.25, 0.3) is 33.5 Å². The van der Waals surface area contributed by atoms with Crippen molar-refractivity contribution in [3.8, 4) is 28.4 Å². The maximum absolute atomic E-state index is 13.7. The largest absolute Gasteiger partial charge is 0.490 e. The van der Waals surface area contributed by atoms with Crippen LogP contribution in [-0.4, -0.2) is 52.2 Å². The van der Waals surface area contributed by atoms with Crippen molar-refractivity contribution in [1.82, 2.24) is 20.0 Å². The molecule has 1 amide bonds. The van der Waals surface area contributed by atoms with Crippen LogP contribution in [0.4, 0.5) is 13.2 Å². The smallest absolute Gasteiger partial charge is 0.416 e. The normalized spacial score (nSPS) is 15.3. The Morgan fingerprint density at radius 3 is 2.64 bits per heavy atom. The predicted octanol–water partition coefficient (Wildman–Crippen LogP) is 4.54. The van der Waals surface area contributed by atoms with Crippen molar-refractivity contribution in [3.05, 3.63) is 60.0 Å². The first-order valence-corrected chi connectivity index (χ1v) is 11.3. The second kappa shape index (κ2) is 9.23. The van der Waals surface area contributed by atoms with Gasteiger partial charge in [0.15, 0.2) is 5.82 Å². The third-order valence-electron chi connectivity index (χ3n) is 6.15. The number of aromatic nitrogens is 3. The predicted molar refractivity (Wildman–Crippen MR) is 125 cm³/mol. The lowest BCUT2D eigenvalue weighted by atomic mass is 10.1. The molecule has 1 aliphatic heterocycles. The van der Waals surface area contributed by atoms with E-state index in [0.717, 1.165) is 44.3 Å². The van der Waals surface area contributed by atoms with Gasteiger partial charge in [-0.25, -0.2) is 9.97 Å². The summed E-state index contributed by atoms with van der Waals surface area (Å²) in [5, 5.41) is 4.50. The average Bonchev–Trinajstić information content (AvgIpc) is 3.35. The van der Waals surface area contributed by atoms with E-state index in [-0.39, 0.29) is 34.5 Å². The Balaban J connectivity index is 1.53. The van der Waals surface area contributed by atoms with Crippen LogP contribution in [0.2, 0.25) is 0 Å². The Morgan fingerprint density at radius 2 is 1.92 bits per heavy atom. The molecule has 11 heteroatoms. The Bertz CT molecular complexity index is 1430. The Kier molecular flexibility index (Phi) is 6.09. The summed E-state index contributed by atoms with van der Waals surface area (Å²) in [4.78, 5) is 22.6. The summed E-state index contributed by atoms with van der Waals surface area (Å²) in [7, 11) is 2.00. The van der Waals surface area contributed by atoms with Crippen LogP contribution in [-0.2, 0) is 6.18 Å². The number of fused-ring (bicyclic) bond motifs is 1. The zero-order chi connectivity index (χ0) is 25.4. The summed E-state index contributed by atoms with van der Waals surface area (Å²) in [6.07, 6.45) is -0.597. The summed E-state index contributed by atoms with van der Waals surface area (Å²) in [6, 6.07) is 8.62. The molecule has 0 atom stereocenters. The van der Waals surface area contributed by atoms with Crippen LogP contribution in [0.3, 0.4) is 0 Å². The number of halogens is 3. The summed E-state index contributed by atoms with van der Waals surface area (Å²) in [5.74, 6) is -0.467. The molecule has 0 unspecified atom stereocenters. The van der Waals surface area contributed by atoms with Crippen LogP contribution in [0.5, 0.6) is 5.75 Å². The minimum atomic E-state index is -4.57. The molecule has 1 fully saturated rings. The first-order chi connectivity index (χ1) is 17.2. The molecule has 8 nitrogen and oxygen atoms in total. The maximum Gasteiger partial charge on any atom is 0.416 e. The monoisotopic (exact) mass is 497 g/mol. The molecule has 5 rings (SSSR count). The number of hydrogen-bond acceptors (Lipinski definition) is 7. The summed E-state index contributed by atoms with van der Waals surface area (Å²) >= 11 is 0. The number of alkyl halides is 3. The van der Waals surface area contributed by atoms with Gasteiger partial charge in [0.1, 0.15) is 29.4 Å². The number of carbonyl (C=O) groups is 1. The van der Waals surface area contributed by atoms with Gasteiger partial charge in [0.25, 0.3) is 5.91 Å². The van der Waals surface area contributed by atoms with E-state index in [1.807, 2.05) is 7.05 Å². The molecule has 2 aromatic carbocycles. The van der Waals surface area contributed by atoms with Crippen LogP contribution >= 0.6 is 0 Å². The zero-order valence-corrected chi connectivity index (χ0v) is 19.2. The number of hydrogen-bond donors (Lipinski definition) is 1. The number of benzene rings is 2. The van der Waals surface area contributed by atoms with Crippen LogP contribution in [0.15, 0.2) is 53.4 Å². The minimum Gasteiger partial charge on any atom is -0.490 e. The van der Waals surface area contributed by atoms with Crippen molar-refractivity contribution < 1.29 is 27.2 Å². The number of rotatable bonds is 5. The van der Waals surface area contributed by atoms with E-state index < -0.39 is 17.6 Å². The number of nitrogens with zero attached hydrogens (tertiary/aromatic N) is 4. The summed E-state index contributed by atoms with van der Waals surface area (Å²) in [6.45, 7) is 1.63. The lowest BCUT2D eigenvalue weighted by Crippen LogP contribution is -2.35. The van der Waals surface area contributed by atoms with Crippen molar-refractivity contribution >= 4 is 16.8 Å². The highest BCUT2D eigenvalue weighted by atomic mass is 19.4. The summed E-state index contributed by atoms with van der Waals surface area (Å²) in [5.41, 5.74) is 6.04. The first kappa shape index (κ1) is 23.7. The fourth-order valence-corrected chi connectivity index (χ4v) is 4.18. The average molecular weight is 497 g/mol. The van der Waals surface area contributed by atoms with Crippen molar-refractivity contribution in [2.75, 3.05) is 20.1 Å². The molecular formula is C25H22F3N5O3. The minimum absolute atomic E-state index is 0.106. The second-order valence-corrected chi connectivity index (χ2v) is 8.77. The molecule has 3 heterocycles. The third kappa shape index (κ3) is 4.87. The van der Waals surface area contributed by atoms with Crippen LogP contribution < -0.4 is 10.5 Å². The number of piperidine rings is 1. The fraction of sp³-hybridized carbons (Fsp3) is 0.280. The SMILES string of the molecule is CN1CCC(Oc2cc(-c3ncc4ccc(-c5nocc5C(N)=O)cc4n3)cc(C(F)(F)F)c2)CC1. The van der Waals surface area contributed by atoms with Gasteiger partial charge in [-0.3, -0.25) is 4.79 Å². The highest BCUT2D eigenvalue weighted by Crippen LogP contribution is 2.36. The van der Waals surface area contributed by atoms with E-state index in [2.05, 4.69) is 20.0 Å². The second-order valence-electron chi connectivity index (χ2n) is 8.77. The van der Waals surface area contributed by atoms with Gasteiger partial charge in [0.2, 0.25) is 0 Å². The molecule has 0 spiro atoms. The molecule has 4 aromatic rings. The number of carbonyl (C=O) groups excluding carboxylic acids is 1. The molecule has 0 saturated carbocycles. The number of ether oxygens (including phenoxy) is 1. The van der Waals surface area contributed by atoms with Crippen LogP contribution in [0.1, 0.15) is 28.8 Å². The Labute approximate surface area is 203 Å². The van der Waals surface area contributed by atoms with Gasteiger partial charge in [0, 0.05) is 35.8 Å². The van der Waals surface area contributed by atoms with Gasteiger partial charge in [0.05, 0.1) is 11.1 Å². The molecule has 0 aliphatic carbocycles. The highest BCUT2D eigenvalue weighted by molar-refractivity contribution is 5.99. The number of nitrogens with two attached hydrogens (primary N) is 1. The van der Waals surface area contributed by atoms with Gasteiger partial charge >= 0.3 is 6.18 Å². The summed E-state index contributed by atoms with van der Waals surface area (Å²) < 4.78 is 51.9. The van der Waals surface area contributed by atoms with E-state index in [4.69, 9.17) is 15.0 Å². The Morgan fingerprint density at radius 1 is 1.14 bits per heavy atom. The van der Waals surface area contributed by atoms with E-state index >= 15 is 0 Å². The molecule has 2 N–H and O–H groups in total. The van der Waals surface area contributed by atoms with E-state index in [1.165, 1.54) is 12.3 Å². The lowest BCUT2D eigenvalue weighted by molar-refractivity contribution is -0.137. The van der Waals surface area contributed by atoms with Gasteiger partial charge in [-0.2, -0.15) is 13.2 Å². The van der Waals surface area contributed by atoms with Gasteiger partial charge in [-0.05, 0) is 44.2 Å². The van der Waals surface area contributed by atoms with E-state index in [1.54, 1.807) is 18.2 Å². The molecule has 2 aromatic heterocycles. The number of primary amides is 1. The van der Waals surface area contributed by atoms with E-state index in [0.29, 0.717) is 16.5 Å². The lowest BCUT2D eigenvalue weighted by Gasteiger charge is -2.29. The van der Waals surface area contributed by atoms with E-state index in [9.17, 15) is 18.0 Å². The number of amides is 1. The topological polar surface area (TPSA) is 107 Å². The molecule has 0 bridgehead atoms. The molecule has 36 heavy (non-hydrogen) atoms. The first-order valence-electron chi connectivity index (χ1n) is 11.3. The van der Waals surface area contributed by atoms with Crippen molar-refractivity contribution in [2.45, 2.75) is 25.1 Å². The van der Waals surface area contributed by atoms with Crippen molar-refractivity contribution in [3.63, 3.8) is 0 Å². The molecular weight excluding hydrogens is 475 g/mol. The maximum atomic E-state index is 13.7. The van der Waals surface area contributed by atoms with Crippen molar-refractivity contribution in [2.24, 2.45) is 5.73 Å². The quantitative estimate of drug-likeness (QED) is 0.431. The van der Waals surface area contributed by atoms with Gasteiger partial charge < -0.3 is 19.9 Å². The van der Waals surface area contributed by atoms with Gasteiger partial charge in [-0.1, -0.05) is 17.3 Å². The van der Waals surface area contributed by atoms with Crippen molar-refractivity contribution in [1.29, 1.82) is 0 Å². The zero-order valence-electron chi connectivity index (χ0n) is 19.2. The number of likely N-dealkylation sites (tertiary alicyclic amines) is 1. The molecule has 186 valence electrons. The molecule has 1 saturated heterocycles.